The number of ether oxygens (including phenoxy) is 1. The molecular weight excluding hydrogens is 496 g/mol. The van der Waals surface area contributed by atoms with Crippen LogP contribution in [0.5, 0.6) is 0 Å². The Bertz CT molecular complexity index is 1250. The second kappa shape index (κ2) is 10.0. The average molecular weight is 516 g/mol. The summed E-state index contributed by atoms with van der Waals surface area (Å²) in [7, 11) is -2.91. The SMILES string of the molecule is COC(=O)[C@H](N)NC(=O)C1CC(S(=O)(=O)c2cc(C(=O)Nc3ccc(F)c(F)c3)ccc2Cl)C1. The Kier molecular flexibility index (Phi) is 7.54. The molecule has 0 aromatic heterocycles. The summed E-state index contributed by atoms with van der Waals surface area (Å²) < 4.78 is 57.0. The molecular formula is C21H20ClF2N3O6S. The highest BCUT2D eigenvalue weighted by atomic mass is 35.5. The number of anilines is 1. The monoisotopic (exact) mass is 515 g/mol. The van der Waals surface area contributed by atoms with Gasteiger partial charge in [-0.05, 0) is 43.2 Å². The highest BCUT2D eigenvalue weighted by molar-refractivity contribution is 7.92. The molecule has 1 atom stereocenters. The quantitative estimate of drug-likeness (QED) is 0.378. The fourth-order valence-corrected chi connectivity index (χ4v) is 5.71. The number of methoxy groups -OCH3 is 1. The van der Waals surface area contributed by atoms with Crippen molar-refractivity contribution in [3.05, 3.63) is 58.6 Å². The van der Waals surface area contributed by atoms with Crippen molar-refractivity contribution in [1.82, 2.24) is 5.32 Å². The minimum atomic E-state index is -4.01. The van der Waals surface area contributed by atoms with Gasteiger partial charge in [0.15, 0.2) is 27.6 Å². The molecule has 0 saturated heterocycles. The predicted octanol–water partition coefficient (Wildman–Crippen LogP) is 2.00. The molecule has 4 N–H and O–H groups in total. The number of hydrogen-bond acceptors (Lipinski definition) is 7. The number of esters is 1. The van der Waals surface area contributed by atoms with Crippen LogP contribution in [0.25, 0.3) is 0 Å². The maximum Gasteiger partial charge on any atom is 0.343 e. The van der Waals surface area contributed by atoms with Crippen LogP contribution >= 0.6 is 11.6 Å². The van der Waals surface area contributed by atoms with E-state index < -0.39 is 56.6 Å². The molecule has 1 saturated carbocycles. The third-order valence-corrected chi connectivity index (χ3v) is 7.99. The van der Waals surface area contributed by atoms with Gasteiger partial charge in [-0.15, -0.1) is 0 Å². The predicted molar refractivity (Wildman–Crippen MR) is 118 cm³/mol. The number of hydrogen-bond donors (Lipinski definition) is 3. The molecule has 1 aliphatic carbocycles. The first-order valence-corrected chi connectivity index (χ1v) is 11.8. The summed E-state index contributed by atoms with van der Waals surface area (Å²) in [5, 5.41) is 3.54. The number of halogens is 3. The van der Waals surface area contributed by atoms with E-state index >= 15 is 0 Å². The zero-order chi connectivity index (χ0) is 25.2. The molecule has 0 bridgehead atoms. The van der Waals surface area contributed by atoms with Crippen molar-refractivity contribution >= 4 is 44.9 Å². The number of carbonyl (C=O) groups is 3. The molecule has 1 fully saturated rings. The number of nitrogens with two attached hydrogens (primary N) is 1. The van der Waals surface area contributed by atoms with Crippen molar-refractivity contribution in [2.45, 2.75) is 29.2 Å². The zero-order valence-electron chi connectivity index (χ0n) is 17.7. The lowest BCUT2D eigenvalue weighted by Crippen LogP contribution is -2.53. The van der Waals surface area contributed by atoms with Crippen LogP contribution in [-0.2, 0) is 24.2 Å². The Morgan fingerprint density at radius 3 is 2.41 bits per heavy atom. The van der Waals surface area contributed by atoms with Gasteiger partial charge in [-0.1, -0.05) is 11.6 Å². The number of amides is 2. The van der Waals surface area contributed by atoms with Gasteiger partial charge in [-0.3, -0.25) is 9.59 Å². The van der Waals surface area contributed by atoms with Crippen LogP contribution in [0.3, 0.4) is 0 Å². The molecule has 1 aliphatic rings. The maximum absolute atomic E-state index is 13.4. The molecule has 2 amide bonds. The van der Waals surface area contributed by atoms with E-state index in [1.54, 1.807) is 0 Å². The summed E-state index contributed by atoms with van der Waals surface area (Å²) in [6.45, 7) is 0. The second-order valence-corrected chi connectivity index (χ2v) is 10.2. The lowest BCUT2D eigenvalue weighted by atomic mass is 9.84. The third kappa shape index (κ3) is 5.34. The molecule has 0 radical (unpaired) electrons. The summed E-state index contributed by atoms with van der Waals surface area (Å²) in [5.74, 6) is -5.13. The van der Waals surface area contributed by atoms with Gasteiger partial charge >= 0.3 is 5.97 Å². The van der Waals surface area contributed by atoms with E-state index in [4.69, 9.17) is 17.3 Å². The van der Waals surface area contributed by atoms with E-state index in [1.165, 1.54) is 12.1 Å². The maximum atomic E-state index is 13.4. The van der Waals surface area contributed by atoms with Crippen LogP contribution in [0.2, 0.25) is 5.02 Å². The van der Waals surface area contributed by atoms with Gasteiger partial charge in [0.1, 0.15) is 0 Å². The van der Waals surface area contributed by atoms with E-state index in [2.05, 4.69) is 15.4 Å². The van der Waals surface area contributed by atoms with Crippen LogP contribution in [-0.4, -0.2) is 44.7 Å². The molecule has 0 spiro atoms. The van der Waals surface area contributed by atoms with E-state index in [-0.39, 0.29) is 34.0 Å². The Morgan fingerprint density at radius 1 is 1.12 bits per heavy atom. The minimum Gasteiger partial charge on any atom is -0.466 e. The number of carbonyl (C=O) groups excluding carboxylic acids is 3. The summed E-state index contributed by atoms with van der Waals surface area (Å²) in [4.78, 5) is 35.7. The van der Waals surface area contributed by atoms with E-state index in [0.717, 1.165) is 31.4 Å². The standard InChI is InChI=1S/C21H20ClF2N3O6S/c1-33-21(30)18(25)27-20(29)11-6-13(7-11)34(31,32)17-8-10(2-4-14(17)22)19(28)26-12-3-5-15(23)16(24)9-12/h2-5,8-9,11,13,18H,6-7,25H2,1H3,(H,26,28)(H,27,29)/t11?,13?,18-/m1/s1. The first-order valence-electron chi connectivity index (χ1n) is 9.87. The molecule has 3 rings (SSSR count). The van der Waals surface area contributed by atoms with Gasteiger partial charge in [-0.2, -0.15) is 0 Å². The normalized spacial score (nSPS) is 18.4. The van der Waals surface area contributed by atoms with Gasteiger partial charge in [0.05, 0.1) is 22.3 Å². The van der Waals surface area contributed by atoms with E-state index in [1.807, 2.05) is 0 Å². The van der Waals surface area contributed by atoms with Crippen molar-refractivity contribution < 1.29 is 36.3 Å². The molecule has 0 unspecified atom stereocenters. The van der Waals surface area contributed by atoms with E-state index in [9.17, 15) is 31.6 Å². The van der Waals surface area contributed by atoms with Gasteiger partial charge in [-0.25, -0.2) is 22.0 Å². The van der Waals surface area contributed by atoms with Crippen LogP contribution in [0.1, 0.15) is 23.2 Å². The molecule has 0 heterocycles. The van der Waals surface area contributed by atoms with Crippen molar-refractivity contribution in [2.24, 2.45) is 11.7 Å². The van der Waals surface area contributed by atoms with Crippen molar-refractivity contribution in [1.29, 1.82) is 0 Å². The van der Waals surface area contributed by atoms with Crippen molar-refractivity contribution in [3.8, 4) is 0 Å². The number of sulfone groups is 1. The second-order valence-electron chi connectivity index (χ2n) is 7.57. The van der Waals surface area contributed by atoms with Gasteiger partial charge in [0, 0.05) is 23.2 Å². The summed E-state index contributed by atoms with van der Waals surface area (Å²) in [6, 6.07) is 6.36. The Morgan fingerprint density at radius 2 is 1.79 bits per heavy atom. The van der Waals surface area contributed by atoms with Crippen molar-refractivity contribution in [2.75, 3.05) is 12.4 Å². The van der Waals surface area contributed by atoms with Gasteiger partial charge in [0.25, 0.3) is 5.91 Å². The molecule has 182 valence electrons. The Labute approximate surface area is 198 Å². The molecule has 13 heteroatoms. The lowest BCUT2D eigenvalue weighted by molar-refractivity contribution is -0.145. The number of rotatable bonds is 7. The smallest absolute Gasteiger partial charge is 0.343 e. The van der Waals surface area contributed by atoms with E-state index in [0.29, 0.717) is 0 Å². The highest BCUT2D eigenvalue weighted by Gasteiger charge is 2.44. The molecule has 0 aliphatic heterocycles. The molecule has 2 aromatic rings. The molecule has 34 heavy (non-hydrogen) atoms. The van der Waals surface area contributed by atoms with Crippen LogP contribution in [0, 0.1) is 17.6 Å². The van der Waals surface area contributed by atoms with Crippen molar-refractivity contribution in [3.63, 3.8) is 0 Å². The first-order chi connectivity index (χ1) is 15.9. The largest absolute Gasteiger partial charge is 0.466 e. The summed E-state index contributed by atoms with van der Waals surface area (Å²) >= 11 is 6.08. The number of nitrogens with one attached hydrogen (secondary N) is 2. The summed E-state index contributed by atoms with van der Waals surface area (Å²) in [5.41, 5.74) is 5.37. The van der Waals surface area contributed by atoms with Gasteiger partial charge < -0.3 is 21.1 Å². The Hall–Kier alpha value is -3.09. The minimum absolute atomic E-state index is 0.0266. The Balaban J connectivity index is 1.71. The molecule has 9 nitrogen and oxygen atoms in total. The van der Waals surface area contributed by atoms with Gasteiger partial charge in [0.2, 0.25) is 5.91 Å². The van der Waals surface area contributed by atoms with Crippen LogP contribution in [0.4, 0.5) is 14.5 Å². The topological polar surface area (TPSA) is 145 Å². The highest BCUT2D eigenvalue weighted by Crippen LogP contribution is 2.38. The zero-order valence-corrected chi connectivity index (χ0v) is 19.3. The lowest BCUT2D eigenvalue weighted by Gasteiger charge is -2.34. The number of benzene rings is 2. The van der Waals surface area contributed by atoms with Crippen LogP contribution < -0.4 is 16.4 Å². The summed E-state index contributed by atoms with van der Waals surface area (Å²) in [6.07, 6.45) is -1.44. The first kappa shape index (κ1) is 25.5. The fourth-order valence-electron chi connectivity index (χ4n) is 3.31. The fraction of sp³-hybridized carbons (Fsp3) is 0.286. The average Bonchev–Trinajstić information content (AvgIpc) is 2.74. The third-order valence-electron chi connectivity index (χ3n) is 5.33. The molecule has 2 aromatic carbocycles. The van der Waals surface area contributed by atoms with Crippen LogP contribution in [0.15, 0.2) is 41.3 Å².